The highest BCUT2D eigenvalue weighted by molar-refractivity contribution is 5.89. The van der Waals surface area contributed by atoms with Crippen molar-refractivity contribution in [3.63, 3.8) is 0 Å². The van der Waals surface area contributed by atoms with Gasteiger partial charge in [-0.05, 0) is 17.7 Å². The van der Waals surface area contributed by atoms with Crippen molar-refractivity contribution in [1.29, 1.82) is 0 Å². The van der Waals surface area contributed by atoms with Crippen LogP contribution in [0.4, 0.5) is 16.2 Å². The number of nitrogens with one attached hydrogen (secondary N) is 2. The molecule has 0 aliphatic heterocycles. The van der Waals surface area contributed by atoms with Gasteiger partial charge in [0.05, 0.1) is 4.92 Å². The highest BCUT2D eigenvalue weighted by Crippen LogP contribution is 2.11. The second-order valence-corrected chi connectivity index (χ2v) is 4.10. The lowest BCUT2D eigenvalue weighted by Crippen LogP contribution is -2.28. The third kappa shape index (κ3) is 3.81. The maximum Gasteiger partial charge on any atom is 0.319 e. The summed E-state index contributed by atoms with van der Waals surface area (Å²) in [5, 5.41) is 15.9. The number of urea groups is 1. The summed E-state index contributed by atoms with van der Waals surface area (Å²) in [6.07, 6.45) is 0. The van der Waals surface area contributed by atoms with Gasteiger partial charge >= 0.3 is 6.03 Å². The average Bonchev–Trinajstić information content (AvgIpc) is 2.46. The molecule has 0 atom stereocenters. The number of nitro groups is 1. The van der Waals surface area contributed by atoms with Crippen LogP contribution in [0, 0.1) is 10.1 Å². The fourth-order valence-electron chi connectivity index (χ4n) is 1.61. The van der Waals surface area contributed by atoms with E-state index in [2.05, 4.69) is 10.6 Å². The Morgan fingerprint density at radius 2 is 1.70 bits per heavy atom. The van der Waals surface area contributed by atoms with Gasteiger partial charge in [-0.25, -0.2) is 4.79 Å². The molecule has 0 fully saturated rings. The normalized spacial score (nSPS) is 9.80. The number of non-ortho nitro benzene ring substituents is 1. The molecular weight excluding hydrogens is 258 g/mol. The molecular formula is C14H13N3O3. The molecule has 2 aromatic carbocycles. The number of hydrogen-bond acceptors (Lipinski definition) is 3. The first-order chi connectivity index (χ1) is 9.65. The van der Waals surface area contributed by atoms with Gasteiger partial charge in [0.2, 0.25) is 0 Å². The number of carbonyl (C=O) groups is 1. The van der Waals surface area contributed by atoms with Crippen LogP contribution in [-0.4, -0.2) is 11.0 Å². The van der Waals surface area contributed by atoms with Crippen LogP contribution in [-0.2, 0) is 6.54 Å². The summed E-state index contributed by atoms with van der Waals surface area (Å²) in [7, 11) is 0. The minimum Gasteiger partial charge on any atom is -0.334 e. The van der Waals surface area contributed by atoms with Crippen LogP contribution in [0.25, 0.3) is 0 Å². The fourth-order valence-corrected chi connectivity index (χ4v) is 1.61. The van der Waals surface area contributed by atoms with Crippen molar-refractivity contribution in [2.45, 2.75) is 6.54 Å². The van der Waals surface area contributed by atoms with E-state index in [0.717, 1.165) is 5.56 Å². The van der Waals surface area contributed by atoms with Gasteiger partial charge in [-0.3, -0.25) is 10.1 Å². The first kappa shape index (κ1) is 13.5. The molecule has 2 rings (SSSR count). The Morgan fingerprint density at radius 3 is 2.30 bits per heavy atom. The quantitative estimate of drug-likeness (QED) is 0.662. The fraction of sp³-hybridized carbons (Fsp3) is 0.0714. The molecule has 0 unspecified atom stereocenters. The van der Waals surface area contributed by atoms with Gasteiger partial charge in [-0.1, -0.05) is 30.3 Å². The third-order valence-corrected chi connectivity index (χ3v) is 2.63. The van der Waals surface area contributed by atoms with Crippen molar-refractivity contribution in [2.75, 3.05) is 5.32 Å². The average molecular weight is 271 g/mol. The Hall–Kier alpha value is -2.89. The molecule has 0 spiro atoms. The van der Waals surface area contributed by atoms with Crippen LogP contribution in [0.15, 0.2) is 54.6 Å². The summed E-state index contributed by atoms with van der Waals surface area (Å²) < 4.78 is 0. The van der Waals surface area contributed by atoms with E-state index >= 15 is 0 Å². The molecule has 0 aromatic heterocycles. The summed E-state index contributed by atoms with van der Waals surface area (Å²) in [5.41, 5.74) is 1.52. The lowest BCUT2D eigenvalue weighted by Gasteiger charge is -2.07. The second-order valence-electron chi connectivity index (χ2n) is 4.10. The molecule has 0 aliphatic rings. The number of rotatable bonds is 4. The molecule has 20 heavy (non-hydrogen) atoms. The first-order valence-corrected chi connectivity index (χ1v) is 5.98. The molecule has 0 bridgehead atoms. The van der Waals surface area contributed by atoms with Crippen LogP contribution >= 0.6 is 0 Å². The summed E-state index contributed by atoms with van der Waals surface area (Å²) in [6.45, 7) is 0.302. The predicted molar refractivity (Wildman–Crippen MR) is 75.4 cm³/mol. The number of carbonyl (C=O) groups excluding carboxylic acids is 1. The standard InChI is InChI=1S/C14H13N3O3/c18-14(16-12-4-2-1-3-5-12)15-10-11-6-8-13(9-7-11)17(19)20/h1-9H,10H2,(H2,15,16,18). The van der Waals surface area contributed by atoms with Gasteiger partial charge in [0.25, 0.3) is 5.69 Å². The van der Waals surface area contributed by atoms with Crippen LogP contribution in [0.1, 0.15) is 5.56 Å². The third-order valence-electron chi connectivity index (χ3n) is 2.63. The molecule has 0 radical (unpaired) electrons. The smallest absolute Gasteiger partial charge is 0.319 e. The first-order valence-electron chi connectivity index (χ1n) is 5.98. The zero-order valence-corrected chi connectivity index (χ0v) is 10.6. The van der Waals surface area contributed by atoms with Gasteiger partial charge in [0.15, 0.2) is 0 Å². The minimum atomic E-state index is -0.459. The van der Waals surface area contributed by atoms with Crippen LogP contribution in [0.3, 0.4) is 0 Å². The number of nitro benzene ring substituents is 1. The van der Waals surface area contributed by atoms with E-state index in [1.807, 2.05) is 18.2 Å². The van der Waals surface area contributed by atoms with Crippen LogP contribution in [0.2, 0.25) is 0 Å². The Labute approximate surface area is 115 Å². The second kappa shape index (κ2) is 6.33. The monoisotopic (exact) mass is 271 g/mol. The maximum atomic E-state index is 11.6. The molecule has 2 amide bonds. The topological polar surface area (TPSA) is 84.3 Å². The van der Waals surface area contributed by atoms with Crippen molar-refractivity contribution < 1.29 is 9.72 Å². The highest BCUT2D eigenvalue weighted by Gasteiger charge is 2.05. The Morgan fingerprint density at radius 1 is 1.05 bits per heavy atom. The van der Waals surface area contributed by atoms with Gasteiger partial charge < -0.3 is 10.6 Å². The molecule has 6 heteroatoms. The van der Waals surface area contributed by atoms with E-state index in [9.17, 15) is 14.9 Å². The number of anilines is 1. The van der Waals surface area contributed by atoms with Crippen molar-refractivity contribution >= 4 is 17.4 Å². The molecule has 0 saturated carbocycles. The van der Waals surface area contributed by atoms with Gasteiger partial charge in [0, 0.05) is 24.4 Å². The van der Waals surface area contributed by atoms with E-state index in [1.165, 1.54) is 12.1 Å². The van der Waals surface area contributed by atoms with Gasteiger partial charge in [0.1, 0.15) is 0 Å². The van der Waals surface area contributed by atoms with E-state index < -0.39 is 4.92 Å². The summed E-state index contributed by atoms with van der Waals surface area (Å²) >= 11 is 0. The van der Waals surface area contributed by atoms with E-state index in [4.69, 9.17) is 0 Å². The molecule has 6 nitrogen and oxygen atoms in total. The van der Waals surface area contributed by atoms with E-state index in [1.54, 1.807) is 24.3 Å². The Balaban J connectivity index is 1.85. The number of para-hydroxylation sites is 1. The number of benzene rings is 2. The highest BCUT2D eigenvalue weighted by atomic mass is 16.6. The van der Waals surface area contributed by atoms with E-state index in [-0.39, 0.29) is 11.7 Å². The molecule has 0 heterocycles. The van der Waals surface area contributed by atoms with Crippen LogP contribution in [0.5, 0.6) is 0 Å². The number of amides is 2. The zero-order valence-electron chi connectivity index (χ0n) is 10.6. The minimum absolute atomic E-state index is 0.0301. The summed E-state index contributed by atoms with van der Waals surface area (Å²) in [4.78, 5) is 21.7. The van der Waals surface area contributed by atoms with Gasteiger partial charge in [-0.15, -0.1) is 0 Å². The van der Waals surface area contributed by atoms with Crippen LogP contribution < -0.4 is 10.6 Å². The Kier molecular flexibility index (Phi) is 4.28. The molecule has 2 N–H and O–H groups in total. The molecule has 0 saturated heterocycles. The number of nitrogens with zero attached hydrogens (tertiary/aromatic N) is 1. The van der Waals surface area contributed by atoms with Crippen molar-refractivity contribution in [2.24, 2.45) is 0 Å². The maximum absolute atomic E-state index is 11.6. The summed E-state index contributed by atoms with van der Waals surface area (Å²) in [5.74, 6) is 0. The summed E-state index contributed by atoms with van der Waals surface area (Å²) in [6, 6.07) is 14.8. The van der Waals surface area contributed by atoms with E-state index in [0.29, 0.717) is 12.2 Å². The molecule has 102 valence electrons. The lowest BCUT2D eigenvalue weighted by atomic mass is 10.2. The Bertz CT molecular complexity index is 597. The molecule has 0 aliphatic carbocycles. The SMILES string of the molecule is O=C(NCc1ccc([N+](=O)[O-])cc1)Nc1ccccc1. The van der Waals surface area contributed by atoms with Crippen molar-refractivity contribution in [3.8, 4) is 0 Å². The van der Waals surface area contributed by atoms with Crippen molar-refractivity contribution in [1.82, 2.24) is 5.32 Å². The van der Waals surface area contributed by atoms with Crippen molar-refractivity contribution in [3.05, 3.63) is 70.3 Å². The zero-order chi connectivity index (χ0) is 14.4. The predicted octanol–water partition coefficient (Wildman–Crippen LogP) is 2.92. The lowest BCUT2D eigenvalue weighted by molar-refractivity contribution is -0.384. The van der Waals surface area contributed by atoms with Gasteiger partial charge in [-0.2, -0.15) is 0 Å². The largest absolute Gasteiger partial charge is 0.334 e. The molecule has 2 aromatic rings. The number of hydrogen-bond donors (Lipinski definition) is 2.